The van der Waals surface area contributed by atoms with Gasteiger partial charge < -0.3 is 11.6 Å². The summed E-state index contributed by atoms with van der Waals surface area (Å²) in [5.74, 6) is 10.4. The van der Waals surface area contributed by atoms with E-state index in [9.17, 15) is 0 Å². The molecular weight excluding hydrogens is 396 g/mol. The summed E-state index contributed by atoms with van der Waals surface area (Å²) in [6.07, 6.45) is 0. The maximum atomic E-state index is 4.93. The van der Waals surface area contributed by atoms with E-state index in [0.29, 0.717) is 0 Å². The van der Waals surface area contributed by atoms with Crippen LogP contribution in [-0.4, -0.2) is 0 Å². The predicted molar refractivity (Wildman–Crippen MR) is 71.3 cm³/mol. The molecule has 0 radical (unpaired) electrons. The van der Waals surface area contributed by atoms with E-state index in [1.165, 1.54) is 30.8 Å². The molecule has 2 heterocycles. The molecule has 0 saturated carbocycles. The first-order valence-corrected chi connectivity index (χ1v) is 18.0. The summed E-state index contributed by atoms with van der Waals surface area (Å²) in [4.78, 5) is 0. The van der Waals surface area contributed by atoms with E-state index in [-0.39, 0.29) is 0 Å². The Morgan fingerprint density at radius 2 is 1.38 bits per heavy atom. The molecule has 0 spiro atoms. The summed E-state index contributed by atoms with van der Waals surface area (Å²) in [6, 6.07) is 0. The molecule has 0 aromatic carbocycles. The van der Waals surface area contributed by atoms with Gasteiger partial charge in [-0.3, -0.25) is 15.7 Å². The van der Waals surface area contributed by atoms with Gasteiger partial charge in [0.05, 0.1) is 0 Å². The van der Waals surface area contributed by atoms with E-state index in [0.717, 1.165) is 15.7 Å². The van der Waals surface area contributed by atoms with E-state index in [1.54, 1.807) is 0 Å². The minimum absolute atomic E-state index is 0.826. The second kappa shape index (κ2) is 14.7. The molecule has 0 fully saturated rings. The van der Waals surface area contributed by atoms with E-state index in [1.807, 2.05) is 0 Å². The molecule has 2 unspecified atom stereocenters. The van der Waals surface area contributed by atoms with Crippen molar-refractivity contribution in [1.29, 1.82) is 0 Å². The number of hydrogen-bond donors (Lipinski definition) is 0. The van der Waals surface area contributed by atoms with Gasteiger partial charge in [-0.05, 0) is 0 Å². The third-order valence-corrected chi connectivity index (χ3v) is 9.18. The molecule has 68 valence electrons. The third kappa shape index (κ3) is 14.7. The first-order chi connectivity index (χ1) is 6.41. The first kappa shape index (κ1) is 15.7. The largest absolute Gasteiger partial charge is 0.430 e. The van der Waals surface area contributed by atoms with Crippen LogP contribution in [0.3, 0.4) is 0 Å². The van der Waals surface area contributed by atoms with E-state index < -0.39 is 20.8 Å². The second-order valence-electron chi connectivity index (χ2n) is 1.28. The van der Waals surface area contributed by atoms with Crippen LogP contribution in [0.2, 0.25) is 0 Å². The summed E-state index contributed by atoms with van der Waals surface area (Å²) in [7, 11) is 17.7. The topological polar surface area (TPSA) is 0 Å². The zero-order valence-corrected chi connectivity index (χ0v) is 15.7. The Morgan fingerprint density at radius 1 is 1.00 bits per heavy atom. The van der Waals surface area contributed by atoms with Crippen LogP contribution in [0, 0.1) is 11.6 Å². The van der Waals surface area contributed by atoms with Crippen molar-refractivity contribution in [3.05, 3.63) is 23.2 Å². The van der Waals surface area contributed by atoms with Gasteiger partial charge >= 0.3 is 37.9 Å². The quantitative estimate of drug-likeness (QED) is 0.430. The Labute approximate surface area is 106 Å². The van der Waals surface area contributed by atoms with Crippen LogP contribution in [-0.2, 0) is 20.8 Å². The van der Waals surface area contributed by atoms with E-state index in [2.05, 4.69) is 23.2 Å². The second-order valence-corrected chi connectivity index (χ2v) is 15.0. The van der Waals surface area contributed by atoms with Crippen molar-refractivity contribution in [2.75, 3.05) is 0 Å². The summed E-state index contributed by atoms with van der Waals surface area (Å²) in [5.41, 5.74) is 0. The minimum Gasteiger partial charge on any atom is -0.430 e. The molecule has 2 aromatic heterocycles. The number of halogens is 2. The monoisotopic (exact) mass is 398 g/mol. The SMILES string of the molecule is [Cl][Zr+2][Cl].[c-]1c[pH]pp1.[c-]1c[pH]pp1. The maximum Gasteiger partial charge on any atom is -0.0658 e. The van der Waals surface area contributed by atoms with Crippen molar-refractivity contribution >= 4 is 63.6 Å². The molecule has 0 amide bonds. The van der Waals surface area contributed by atoms with Crippen LogP contribution < -0.4 is 0 Å². The van der Waals surface area contributed by atoms with Crippen molar-refractivity contribution < 1.29 is 20.8 Å². The van der Waals surface area contributed by atoms with Crippen LogP contribution in [0.4, 0.5) is 0 Å². The van der Waals surface area contributed by atoms with Crippen molar-refractivity contribution in [2.24, 2.45) is 0 Å². The van der Waals surface area contributed by atoms with E-state index in [4.69, 9.17) is 17.0 Å². The van der Waals surface area contributed by atoms with Gasteiger partial charge in [0.15, 0.2) is 0 Å². The third-order valence-electron chi connectivity index (χ3n) is 0.589. The molecule has 0 nitrogen and oxygen atoms in total. The molecule has 0 aliphatic heterocycles. The van der Waals surface area contributed by atoms with E-state index >= 15 is 0 Å². The Hall–Kier alpha value is 2.74. The summed E-state index contributed by atoms with van der Waals surface area (Å²) in [6.45, 7) is 0. The molecular formula is C4H4Cl2P6Zr. The van der Waals surface area contributed by atoms with Gasteiger partial charge in [-0.1, -0.05) is 15.1 Å². The standard InChI is InChI=1S/2C2H2P3.2ClH.Zr/c2*1-2-4-5-3-1;;;/h2*1,3H;2*1H;/q2*-1;;;+4/p-2. The zero-order chi connectivity index (χ0) is 9.78. The molecule has 0 saturated heterocycles. The van der Waals surface area contributed by atoms with Gasteiger partial charge in [0, 0.05) is 0 Å². The molecule has 9 heteroatoms. The van der Waals surface area contributed by atoms with Crippen molar-refractivity contribution in [1.82, 2.24) is 0 Å². The van der Waals surface area contributed by atoms with Gasteiger partial charge in [-0.15, -0.1) is 15.7 Å². The van der Waals surface area contributed by atoms with Gasteiger partial charge in [0.25, 0.3) is 0 Å². The molecule has 0 aliphatic carbocycles. The first-order valence-electron chi connectivity index (χ1n) is 2.83. The molecule has 0 aliphatic rings. The molecule has 2 atom stereocenters. The fourth-order valence-electron chi connectivity index (χ4n) is 0.289. The van der Waals surface area contributed by atoms with Gasteiger partial charge in [-0.25, -0.2) is 11.6 Å². The Balaban J connectivity index is 0.000000174. The maximum absolute atomic E-state index is 4.93. The van der Waals surface area contributed by atoms with Crippen LogP contribution in [0.25, 0.3) is 0 Å². The fourth-order valence-corrected chi connectivity index (χ4v) is 7.79. The normalized spacial score (nSPS) is 10.6. The minimum atomic E-state index is -0.826. The Morgan fingerprint density at radius 3 is 1.46 bits per heavy atom. The molecule has 0 N–H and O–H groups in total. The smallest absolute Gasteiger partial charge is 0.0658 e. The van der Waals surface area contributed by atoms with Gasteiger partial charge in [-0.2, -0.15) is 0 Å². The summed E-state index contributed by atoms with van der Waals surface area (Å²) >= 11 is -0.826. The van der Waals surface area contributed by atoms with Gasteiger partial charge in [0.1, 0.15) is 0 Å². The predicted octanol–water partition coefficient (Wildman–Crippen LogP) is 6.73. The molecule has 2 rings (SSSR count). The molecule has 2 aromatic rings. The molecule has 13 heavy (non-hydrogen) atoms. The van der Waals surface area contributed by atoms with Crippen LogP contribution in [0.15, 0.2) is 11.6 Å². The van der Waals surface area contributed by atoms with Crippen molar-refractivity contribution in [3.63, 3.8) is 0 Å². The van der Waals surface area contributed by atoms with Gasteiger partial charge in [0.2, 0.25) is 0 Å². The van der Waals surface area contributed by atoms with Crippen molar-refractivity contribution in [2.45, 2.75) is 0 Å². The molecule has 0 bridgehead atoms. The number of rotatable bonds is 0. The zero-order valence-electron chi connectivity index (χ0n) is 6.20. The number of hydrogen-bond acceptors (Lipinski definition) is 0. The van der Waals surface area contributed by atoms with Crippen LogP contribution in [0.1, 0.15) is 0 Å². The average molecular weight is 400 g/mol. The van der Waals surface area contributed by atoms with Crippen LogP contribution in [0.5, 0.6) is 0 Å². The summed E-state index contributed by atoms with van der Waals surface area (Å²) in [5, 5.41) is 0. The Bertz CT molecular complexity index is 174. The fraction of sp³-hybridized carbons (Fsp3) is 0. The Kier molecular flexibility index (Phi) is 17.9. The average Bonchev–Trinajstić information content (AvgIpc) is 2.85. The van der Waals surface area contributed by atoms with Crippen molar-refractivity contribution in [3.8, 4) is 0 Å². The van der Waals surface area contributed by atoms with Crippen LogP contribution >= 0.6 is 63.6 Å². The summed E-state index contributed by atoms with van der Waals surface area (Å²) < 4.78 is 0.